The van der Waals surface area contributed by atoms with Gasteiger partial charge in [0.2, 0.25) is 0 Å². The van der Waals surface area contributed by atoms with Crippen molar-refractivity contribution in [1.82, 2.24) is 4.98 Å². The van der Waals surface area contributed by atoms with Gasteiger partial charge in [-0.15, -0.1) is 0 Å². The fourth-order valence-electron chi connectivity index (χ4n) is 1.10. The molecule has 0 saturated carbocycles. The number of halogens is 2. The number of hydrogen-bond acceptors (Lipinski definition) is 1. The van der Waals surface area contributed by atoms with E-state index in [1.807, 2.05) is 24.3 Å². The van der Waals surface area contributed by atoms with Crippen LogP contribution in [-0.4, -0.2) is 4.98 Å². The maximum absolute atomic E-state index is 5.87. The number of rotatable bonds is 0. The smallest absolute Gasteiger partial charge is 0.142 e. The highest BCUT2D eigenvalue weighted by Gasteiger charge is 2.02. The summed E-state index contributed by atoms with van der Waals surface area (Å²) in [5.74, 6) is 0. The molecule has 0 amide bonds. The molecule has 1 heterocycles. The molecule has 0 bridgehead atoms. The highest BCUT2D eigenvalue weighted by atomic mass is 127. The lowest BCUT2D eigenvalue weighted by molar-refractivity contribution is 1.34. The van der Waals surface area contributed by atoms with Crippen molar-refractivity contribution in [2.75, 3.05) is 0 Å². The Hall–Kier alpha value is -0.350. The summed E-state index contributed by atoms with van der Waals surface area (Å²) in [6, 6.07) is 8.07. The van der Waals surface area contributed by atoms with Crippen LogP contribution in [0.3, 0.4) is 0 Å². The molecule has 0 atom stereocenters. The van der Waals surface area contributed by atoms with E-state index in [4.69, 9.17) is 11.6 Å². The van der Waals surface area contributed by atoms with Crippen molar-refractivity contribution in [3.8, 4) is 0 Å². The van der Waals surface area contributed by atoms with E-state index in [1.54, 1.807) is 6.20 Å². The van der Waals surface area contributed by atoms with E-state index in [2.05, 4.69) is 27.6 Å². The van der Waals surface area contributed by atoms with Crippen LogP contribution in [0.4, 0.5) is 0 Å². The van der Waals surface area contributed by atoms with Gasteiger partial charge in [0.25, 0.3) is 0 Å². The predicted molar refractivity (Wildman–Crippen MR) is 59.5 cm³/mol. The SMILES string of the molecule is Clc1ncc2ccccc2c1I. The third kappa shape index (κ3) is 1.29. The Morgan fingerprint density at radius 2 is 2.00 bits per heavy atom. The van der Waals surface area contributed by atoms with Crippen molar-refractivity contribution in [1.29, 1.82) is 0 Å². The van der Waals surface area contributed by atoms with E-state index < -0.39 is 0 Å². The van der Waals surface area contributed by atoms with Crippen molar-refractivity contribution in [3.05, 3.63) is 39.2 Å². The molecular formula is C9H5ClIN. The van der Waals surface area contributed by atoms with Gasteiger partial charge in [0, 0.05) is 11.6 Å². The lowest BCUT2D eigenvalue weighted by Crippen LogP contribution is -1.82. The second kappa shape index (κ2) is 3.18. The molecule has 12 heavy (non-hydrogen) atoms. The third-order valence-corrected chi connectivity index (χ3v) is 3.39. The van der Waals surface area contributed by atoms with Crippen LogP contribution in [-0.2, 0) is 0 Å². The van der Waals surface area contributed by atoms with Gasteiger partial charge in [-0.3, -0.25) is 0 Å². The van der Waals surface area contributed by atoms with Gasteiger partial charge in [-0.25, -0.2) is 4.98 Å². The van der Waals surface area contributed by atoms with E-state index in [0.29, 0.717) is 5.15 Å². The molecular weight excluding hydrogens is 284 g/mol. The number of nitrogens with zero attached hydrogens (tertiary/aromatic N) is 1. The lowest BCUT2D eigenvalue weighted by Gasteiger charge is -2.00. The number of pyridine rings is 1. The van der Waals surface area contributed by atoms with E-state index in [0.717, 1.165) is 14.3 Å². The van der Waals surface area contributed by atoms with Crippen LogP contribution < -0.4 is 0 Å². The van der Waals surface area contributed by atoms with Crippen LogP contribution in [0.25, 0.3) is 10.8 Å². The van der Waals surface area contributed by atoms with Crippen LogP contribution in [0.15, 0.2) is 30.5 Å². The molecule has 1 nitrogen and oxygen atoms in total. The zero-order valence-electron chi connectivity index (χ0n) is 6.09. The molecule has 0 N–H and O–H groups in total. The minimum Gasteiger partial charge on any atom is -0.243 e. The second-order valence-corrected chi connectivity index (χ2v) is 3.89. The van der Waals surface area contributed by atoms with Gasteiger partial charge in [-0.05, 0) is 28.0 Å². The molecule has 0 unspecified atom stereocenters. The van der Waals surface area contributed by atoms with E-state index in [9.17, 15) is 0 Å². The van der Waals surface area contributed by atoms with Crippen molar-refractivity contribution in [2.24, 2.45) is 0 Å². The van der Waals surface area contributed by atoms with Crippen molar-refractivity contribution in [2.45, 2.75) is 0 Å². The molecule has 1 aromatic heterocycles. The van der Waals surface area contributed by atoms with E-state index >= 15 is 0 Å². The molecule has 0 aliphatic heterocycles. The molecule has 0 fully saturated rings. The molecule has 0 saturated heterocycles. The monoisotopic (exact) mass is 289 g/mol. The quantitative estimate of drug-likeness (QED) is 0.534. The summed E-state index contributed by atoms with van der Waals surface area (Å²) in [4.78, 5) is 4.06. The third-order valence-electron chi connectivity index (χ3n) is 1.70. The highest BCUT2D eigenvalue weighted by molar-refractivity contribution is 14.1. The summed E-state index contributed by atoms with van der Waals surface area (Å²) in [6.45, 7) is 0. The van der Waals surface area contributed by atoms with E-state index in [1.165, 1.54) is 0 Å². The fraction of sp³-hybridized carbons (Fsp3) is 0. The van der Waals surface area contributed by atoms with Crippen LogP contribution in [0.1, 0.15) is 0 Å². The Balaban J connectivity index is 2.91. The first-order valence-electron chi connectivity index (χ1n) is 3.48. The number of aromatic nitrogens is 1. The zero-order valence-corrected chi connectivity index (χ0v) is 9.00. The largest absolute Gasteiger partial charge is 0.243 e. The summed E-state index contributed by atoms with van der Waals surface area (Å²) in [6.07, 6.45) is 1.79. The maximum Gasteiger partial charge on any atom is 0.142 e. The molecule has 60 valence electrons. The first-order valence-corrected chi connectivity index (χ1v) is 4.93. The molecule has 2 rings (SSSR count). The summed E-state index contributed by atoms with van der Waals surface area (Å²) < 4.78 is 1.02. The Bertz CT molecular complexity index is 428. The molecule has 0 aliphatic carbocycles. The molecule has 0 aliphatic rings. The minimum atomic E-state index is 0.578. The minimum absolute atomic E-state index is 0.578. The zero-order chi connectivity index (χ0) is 8.55. The molecule has 0 spiro atoms. The Morgan fingerprint density at radius 1 is 1.25 bits per heavy atom. The van der Waals surface area contributed by atoms with Gasteiger partial charge < -0.3 is 0 Å². The van der Waals surface area contributed by atoms with Gasteiger partial charge in [0.1, 0.15) is 5.15 Å². The normalized spacial score (nSPS) is 10.5. The van der Waals surface area contributed by atoms with Gasteiger partial charge >= 0.3 is 0 Å². The summed E-state index contributed by atoms with van der Waals surface area (Å²) in [5, 5.41) is 2.87. The number of fused-ring (bicyclic) bond motifs is 1. The fourth-order valence-corrected chi connectivity index (χ4v) is 1.88. The standard InChI is InChI=1S/C9H5ClIN/c10-9-8(11)7-4-2-1-3-6(7)5-12-9/h1-5H. The first-order chi connectivity index (χ1) is 5.79. The van der Waals surface area contributed by atoms with Crippen molar-refractivity contribution in [3.63, 3.8) is 0 Å². The molecule has 2 aromatic rings. The number of hydrogen-bond donors (Lipinski definition) is 0. The topological polar surface area (TPSA) is 12.9 Å². The van der Waals surface area contributed by atoms with Crippen LogP contribution >= 0.6 is 34.2 Å². The summed E-state index contributed by atoms with van der Waals surface area (Å²) in [7, 11) is 0. The Kier molecular flexibility index (Phi) is 2.19. The average Bonchev–Trinajstić information content (AvgIpc) is 2.12. The van der Waals surface area contributed by atoms with Crippen molar-refractivity contribution < 1.29 is 0 Å². The van der Waals surface area contributed by atoms with Gasteiger partial charge in [0.15, 0.2) is 0 Å². The highest BCUT2D eigenvalue weighted by Crippen LogP contribution is 2.24. The second-order valence-electron chi connectivity index (χ2n) is 2.45. The summed E-state index contributed by atoms with van der Waals surface area (Å²) in [5.41, 5.74) is 0. The first kappa shape index (κ1) is 8.26. The molecule has 0 radical (unpaired) electrons. The summed E-state index contributed by atoms with van der Waals surface area (Å²) >= 11 is 8.08. The Morgan fingerprint density at radius 3 is 2.83 bits per heavy atom. The van der Waals surface area contributed by atoms with Crippen LogP contribution in [0.2, 0.25) is 5.15 Å². The van der Waals surface area contributed by atoms with E-state index in [-0.39, 0.29) is 0 Å². The predicted octanol–water partition coefficient (Wildman–Crippen LogP) is 3.49. The maximum atomic E-state index is 5.87. The lowest BCUT2D eigenvalue weighted by atomic mass is 10.2. The van der Waals surface area contributed by atoms with Gasteiger partial charge in [-0.2, -0.15) is 0 Å². The van der Waals surface area contributed by atoms with Crippen molar-refractivity contribution >= 4 is 45.0 Å². The Labute approximate surface area is 88.9 Å². The average molecular weight is 290 g/mol. The van der Waals surface area contributed by atoms with Gasteiger partial charge in [-0.1, -0.05) is 35.9 Å². The molecule has 3 heteroatoms. The van der Waals surface area contributed by atoms with Crippen LogP contribution in [0.5, 0.6) is 0 Å². The van der Waals surface area contributed by atoms with Gasteiger partial charge in [0.05, 0.1) is 3.57 Å². The number of benzene rings is 1. The van der Waals surface area contributed by atoms with Crippen LogP contribution in [0, 0.1) is 3.57 Å². The molecule has 1 aromatic carbocycles.